The molecule has 1 fully saturated rings. The maximum atomic E-state index is 10.9. The van der Waals surface area contributed by atoms with Gasteiger partial charge in [0.1, 0.15) is 6.10 Å². The van der Waals surface area contributed by atoms with Crippen LogP contribution in [0.2, 0.25) is 0 Å². The second kappa shape index (κ2) is 4.44. The third-order valence-corrected chi connectivity index (χ3v) is 2.61. The first-order valence-corrected chi connectivity index (χ1v) is 5.14. The van der Waals surface area contributed by atoms with E-state index in [1.165, 1.54) is 6.20 Å². The molecular formula is C10H15N3O2. The highest BCUT2D eigenvalue weighted by Gasteiger charge is 2.18. The monoisotopic (exact) mass is 209 g/mol. The Morgan fingerprint density at radius 2 is 2.27 bits per heavy atom. The summed E-state index contributed by atoms with van der Waals surface area (Å²) in [5.74, 6) is 0.518. The van der Waals surface area contributed by atoms with E-state index in [-0.39, 0.29) is 11.8 Å². The van der Waals surface area contributed by atoms with Gasteiger partial charge in [-0.3, -0.25) is 4.98 Å². The molecule has 1 saturated heterocycles. The van der Waals surface area contributed by atoms with Gasteiger partial charge in [-0.25, -0.2) is 9.78 Å². The Morgan fingerprint density at radius 3 is 2.93 bits per heavy atom. The minimum absolute atomic E-state index is 0.208. The lowest BCUT2D eigenvalue weighted by Crippen LogP contribution is -2.36. The van der Waals surface area contributed by atoms with Gasteiger partial charge in [0.2, 0.25) is 0 Å². The molecule has 2 rings (SSSR count). The van der Waals surface area contributed by atoms with E-state index in [4.69, 9.17) is 4.74 Å². The molecular weight excluding hydrogens is 194 g/mol. The van der Waals surface area contributed by atoms with Crippen molar-refractivity contribution in [1.29, 1.82) is 0 Å². The van der Waals surface area contributed by atoms with Gasteiger partial charge >= 0.3 is 5.69 Å². The van der Waals surface area contributed by atoms with Crippen LogP contribution < -0.4 is 10.4 Å². The van der Waals surface area contributed by atoms with E-state index in [0.717, 1.165) is 25.9 Å². The number of nitrogens with one attached hydrogen (secondary N) is 1. The van der Waals surface area contributed by atoms with Crippen LogP contribution in [-0.2, 0) is 0 Å². The molecule has 5 heteroatoms. The molecule has 0 radical (unpaired) electrons. The fourth-order valence-corrected chi connectivity index (χ4v) is 1.70. The van der Waals surface area contributed by atoms with Crippen molar-refractivity contribution >= 4 is 0 Å². The number of aromatic amines is 1. The molecule has 1 aromatic rings. The molecule has 0 aromatic carbocycles. The smallest absolute Gasteiger partial charge is 0.347 e. The van der Waals surface area contributed by atoms with E-state index in [9.17, 15) is 4.79 Å². The fraction of sp³-hybridized carbons (Fsp3) is 0.600. The van der Waals surface area contributed by atoms with Crippen LogP contribution in [0.3, 0.4) is 0 Å². The highest BCUT2D eigenvalue weighted by molar-refractivity contribution is 5.05. The minimum Gasteiger partial charge on any atom is -0.475 e. The van der Waals surface area contributed by atoms with Crippen LogP contribution in [0.1, 0.15) is 12.8 Å². The second-order valence-corrected chi connectivity index (χ2v) is 3.86. The maximum absolute atomic E-state index is 10.9. The van der Waals surface area contributed by atoms with Gasteiger partial charge in [0.25, 0.3) is 0 Å². The van der Waals surface area contributed by atoms with Gasteiger partial charge in [0, 0.05) is 25.4 Å². The number of H-pyrrole nitrogens is 1. The van der Waals surface area contributed by atoms with Crippen molar-refractivity contribution in [3.63, 3.8) is 0 Å². The largest absolute Gasteiger partial charge is 0.475 e. The van der Waals surface area contributed by atoms with Crippen LogP contribution in [0.5, 0.6) is 5.88 Å². The number of ether oxygens (including phenoxy) is 1. The molecule has 0 bridgehead atoms. The summed E-state index contributed by atoms with van der Waals surface area (Å²) in [6, 6.07) is 1.68. The van der Waals surface area contributed by atoms with Crippen LogP contribution in [0.4, 0.5) is 0 Å². The summed E-state index contributed by atoms with van der Waals surface area (Å²) in [6.45, 7) is 2.08. The van der Waals surface area contributed by atoms with Gasteiger partial charge in [-0.05, 0) is 19.9 Å². The zero-order chi connectivity index (χ0) is 10.7. The molecule has 0 spiro atoms. The first kappa shape index (κ1) is 10.2. The van der Waals surface area contributed by atoms with E-state index >= 15 is 0 Å². The van der Waals surface area contributed by atoms with Crippen LogP contribution in [0.15, 0.2) is 17.1 Å². The van der Waals surface area contributed by atoms with Crippen LogP contribution in [-0.4, -0.2) is 41.1 Å². The van der Waals surface area contributed by atoms with E-state index in [1.54, 1.807) is 6.07 Å². The summed E-state index contributed by atoms with van der Waals surface area (Å²) in [5, 5.41) is 0. The average molecular weight is 209 g/mol. The minimum atomic E-state index is -0.361. The van der Waals surface area contributed by atoms with Crippen LogP contribution >= 0.6 is 0 Å². The van der Waals surface area contributed by atoms with Gasteiger partial charge in [-0.15, -0.1) is 0 Å². The highest BCUT2D eigenvalue weighted by atomic mass is 16.5. The van der Waals surface area contributed by atoms with Crippen molar-refractivity contribution in [2.45, 2.75) is 18.9 Å². The third kappa shape index (κ3) is 2.79. The fourth-order valence-electron chi connectivity index (χ4n) is 1.70. The number of rotatable bonds is 2. The van der Waals surface area contributed by atoms with Gasteiger partial charge in [-0.1, -0.05) is 0 Å². The predicted molar refractivity (Wildman–Crippen MR) is 56.0 cm³/mol. The van der Waals surface area contributed by atoms with Crippen molar-refractivity contribution in [2.24, 2.45) is 0 Å². The zero-order valence-electron chi connectivity index (χ0n) is 8.77. The molecule has 0 unspecified atom stereocenters. The van der Waals surface area contributed by atoms with E-state index in [0.29, 0.717) is 5.88 Å². The van der Waals surface area contributed by atoms with Gasteiger partial charge in [0.15, 0.2) is 5.88 Å². The van der Waals surface area contributed by atoms with Crippen molar-refractivity contribution in [3.8, 4) is 5.88 Å². The summed E-state index contributed by atoms with van der Waals surface area (Å²) < 4.78 is 5.66. The Morgan fingerprint density at radius 1 is 1.53 bits per heavy atom. The molecule has 1 aliphatic rings. The highest BCUT2D eigenvalue weighted by Crippen LogP contribution is 2.14. The standard InChI is InChI=1S/C10H15N3O2/c1-13-6-3-8(4-7-13)15-9-2-5-11-10(14)12-9/h2,5,8H,3-4,6-7H2,1H3,(H,11,12,14). The van der Waals surface area contributed by atoms with E-state index in [1.807, 2.05) is 0 Å². The SMILES string of the molecule is CN1CCC(Oc2ccnc(=O)[nH]2)CC1. The molecule has 1 N–H and O–H groups in total. The van der Waals surface area contributed by atoms with Crippen LogP contribution in [0, 0.1) is 0 Å². The summed E-state index contributed by atoms with van der Waals surface area (Å²) in [6.07, 6.45) is 3.67. The molecule has 0 saturated carbocycles. The van der Waals surface area contributed by atoms with E-state index in [2.05, 4.69) is 21.9 Å². The maximum Gasteiger partial charge on any atom is 0.347 e. The summed E-state index contributed by atoms with van der Waals surface area (Å²) in [5.41, 5.74) is -0.361. The van der Waals surface area contributed by atoms with Crippen molar-refractivity contribution in [2.75, 3.05) is 20.1 Å². The first-order chi connectivity index (χ1) is 7.24. The molecule has 82 valence electrons. The number of piperidine rings is 1. The van der Waals surface area contributed by atoms with Crippen molar-refractivity contribution in [3.05, 3.63) is 22.7 Å². The number of likely N-dealkylation sites (tertiary alicyclic amines) is 1. The molecule has 1 aromatic heterocycles. The molecule has 0 amide bonds. The number of hydrogen-bond acceptors (Lipinski definition) is 4. The van der Waals surface area contributed by atoms with Crippen molar-refractivity contribution in [1.82, 2.24) is 14.9 Å². The van der Waals surface area contributed by atoms with Gasteiger partial charge in [0.05, 0.1) is 0 Å². The first-order valence-electron chi connectivity index (χ1n) is 5.14. The summed E-state index contributed by atoms with van der Waals surface area (Å²) in [4.78, 5) is 19.3. The Bertz CT molecular complexity index is 369. The Kier molecular flexibility index (Phi) is 3.01. The van der Waals surface area contributed by atoms with Crippen LogP contribution in [0.25, 0.3) is 0 Å². The number of aromatic nitrogens is 2. The second-order valence-electron chi connectivity index (χ2n) is 3.86. The van der Waals surface area contributed by atoms with Gasteiger partial charge in [-0.2, -0.15) is 0 Å². The zero-order valence-corrected chi connectivity index (χ0v) is 8.77. The van der Waals surface area contributed by atoms with Crippen molar-refractivity contribution < 1.29 is 4.74 Å². The lowest BCUT2D eigenvalue weighted by molar-refractivity contribution is 0.109. The molecule has 1 aliphatic heterocycles. The molecule has 0 atom stereocenters. The summed E-state index contributed by atoms with van der Waals surface area (Å²) >= 11 is 0. The predicted octanol–water partition coefficient (Wildman–Crippen LogP) is 0.243. The van der Waals surface area contributed by atoms with Gasteiger partial charge < -0.3 is 9.64 Å². The molecule has 5 nitrogen and oxygen atoms in total. The molecule has 0 aliphatic carbocycles. The Labute approximate surface area is 88.1 Å². The quantitative estimate of drug-likeness (QED) is 0.758. The molecule has 2 heterocycles. The Balaban J connectivity index is 1.94. The Hall–Kier alpha value is -1.36. The normalized spacial score (nSPS) is 19.0. The lowest BCUT2D eigenvalue weighted by atomic mass is 10.1. The number of nitrogens with zero attached hydrogens (tertiary/aromatic N) is 2. The average Bonchev–Trinajstić information content (AvgIpc) is 2.22. The number of hydrogen-bond donors (Lipinski definition) is 1. The summed E-state index contributed by atoms with van der Waals surface area (Å²) in [7, 11) is 2.10. The topological polar surface area (TPSA) is 58.2 Å². The third-order valence-electron chi connectivity index (χ3n) is 2.61. The molecule has 15 heavy (non-hydrogen) atoms. The lowest BCUT2D eigenvalue weighted by Gasteiger charge is -2.28. The van der Waals surface area contributed by atoms with E-state index < -0.39 is 0 Å².